The highest BCUT2D eigenvalue weighted by Gasteiger charge is 2.25. The van der Waals surface area contributed by atoms with Crippen LogP contribution in [0.1, 0.15) is 12.5 Å². The summed E-state index contributed by atoms with van der Waals surface area (Å²) in [4.78, 5) is 13.3. The lowest BCUT2D eigenvalue weighted by Crippen LogP contribution is -2.50. The van der Waals surface area contributed by atoms with Crippen LogP contribution in [0.4, 0.5) is 11.4 Å². The smallest absolute Gasteiger partial charge is 0.238 e. The Morgan fingerprint density at radius 2 is 1.97 bits per heavy atom. The molecule has 1 aromatic carbocycles. The fourth-order valence-corrected chi connectivity index (χ4v) is 4.62. The molecule has 1 N–H and O–H groups in total. The van der Waals surface area contributed by atoms with Crippen LogP contribution >= 0.6 is 0 Å². The molecule has 3 aromatic rings. The van der Waals surface area contributed by atoms with Gasteiger partial charge in [0.15, 0.2) is 0 Å². The van der Waals surface area contributed by atoms with Gasteiger partial charge in [-0.25, -0.2) is 13.4 Å². The summed E-state index contributed by atoms with van der Waals surface area (Å²) < 4.78 is 31.2. The SMILES string of the molecule is COc1ncc(-c2ccc3ncc(C#N)c(N4CCN(C)C(C)C4)c3c2)cc1NS(C)(=O)=O. The minimum atomic E-state index is -3.51. The Kier molecular flexibility index (Phi) is 6.10. The summed E-state index contributed by atoms with van der Waals surface area (Å²) in [6.45, 7) is 4.69. The van der Waals surface area contributed by atoms with Gasteiger partial charge in [-0.3, -0.25) is 9.71 Å². The van der Waals surface area contributed by atoms with Gasteiger partial charge in [-0.15, -0.1) is 0 Å². The van der Waals surface area contributed by atoms with Gasteiger partial charge >= 0.3 is 0 Å². The zero-order valence-corrected chi connectivity index (χ0v) is 19.8. The first-order valence-corrected chi connectivity index (χ1v) is 12.4. The highest BCUT2D eigenvalue weighted by Crippen LogP contribution is 2.35. The number of nitriles is 1. The quantitative estimate of drug-likeness (QED) is 0.611. The molecule has 0 aliphatic carbocycles. The maximum atomic E-state index is 11.8. The number of nitrogens with one attached hydrogen (secondary N) is 1. The Bertz CT molecular complexity index is 1350. The number of ether oxygens (including phenoxy) is 1. The average molecular weight is 467 g/mol. The van der Waals surface area contributed by atoms with Crippen LogP contribution in [0.25, 0.3) is 22.0 Å². The number of pyridine rings is 2. The van der Waals surface area contributed by atoms with E-state index >= 15 is 0 Å². The largest absolute Gasteiger partial charge is 0.480 e. The van der Waals surface area contributed by atoms with Crippen molar-refractivity contribution in [1.82, 2.24) is 14.9 Å². The number of fused-ring (bicyclic) bond motifs is 1. The Morgan fingerprint density at radius 3 is 2.64 bits per heavy atom. The Morgan fingerprint density at radius 1 is 1.18 bits per heavy atom. The molecule has 9 nitrogen and oxygen atoms in total. The topological polar surface area (TPSA) is 111 Å². The number of rotatable bonds is 5. The van der Waals surface area contributed by atoms with Crippen molar-refractivity contribution in [2.75, 3.05) is 49.7 Å². The van der Waals surface area contributed by atoms with Gasteiger partial charge in [0.05, 0.1) is 30.1 Å². The van der Waals surface area contributed by atoms with E-state index in [0.717, 1.165) is 48.0 Å². The minimum absolute atomic E-state index is 0.186. The van der Waals surface area contributed by atoms with Crippen molar-refractivity contribution in [3.05, 3.63) is 42.2 Å². The lowest BCUT2D eigenvalue weighted by molar-refractivity contribution is 0.234. The molecule has 0 spiro atoms. The molecule has 10 heteroatoms. The van der Waals surface area contributed by atoms with E-state index in [-0.39, 0.29) is 11.6 Å². The summed E-state index contributed by atoms with van der Waals surface area (Å²) in [5.41, 5.74) is 3.99. The third-order valence-electron chi connectivity index (χ3n) is 5.91. The molecule has 0 amide bonds. The van der Waals surface area contributed by atoms with Gasteiger partial charge in [-0.2, -0.15) is 5.26 Å². The molecule has 0 radical (unpaired) electrons. The molecular weight excluding hydrogens is 440 g/mol. The maximum absolute atomic E-state index is 11.8. The standard InChI is InChI=1S/C23H26N6O3S/c1-15-14-29(8-7-28(15)2)22-18(11-24)13-25-20-6-5-16(9-19(20)22)17-10-21(27-33(4,30)31)23(32-3)26-12-17/h5-6,9-10,12-13,15,27H,7-8,14H2,1-4H3. The molecule has 4 rings (SSSR count). The van der Waals surface area contributed by atoms with Crippen LogP contribution in [0.2, 0.25) is 0 Å². The van der Waals surface area contributed by atoms with E-state index < -0.39 is 10.0 Å². The van der Waals surface area contributed by atoms with Crippen molar-refractivity contribution in [1.29, 1.82) is 5.26 Å². The van der Waals surface area contributed by atoms with Crippen LogP contribution in [-0.2, 0) is 10.0 Å². The second kappa shape index (κ2) is 8.84. The van der Waals surface area contributed by atoms with E-state index in [1.165, 1.54) is 7.11 Å². The Hall–Kier alpha value is -3.42. The second-order valence-electron chi connectivity index (χ2n) is 8.29. The number of hydrogen-bond donors (Lipinski definition) is 1. The number of anilines is 2. The van der Waals surface area contributed by atoms with Crippen LogP contribution in [0.5, 0.6) is 5.88 Å². The number of piperazine rings is 1. The fraction of sp³-hybridized carbons (Fsp3) is 0.348. The summed E-state index contributed by atoms with van der Waals surface area (Å²) in [5.74, 6) is 0.186. The molecule has 3 heterocycles. The van der Waals surface area contributed by atoms with Crippen molar-refractivity contribution in [3.8, 4) is 23.1 Å². The zero-order chi connectivity index (χ0) is 23.8. The molecule has 2 aromatic heterocycles. The predicted molar refractivity (Wildman–Crippen MR) is 129 cm³/mol. The van der Waals surface area contributed by atoms with Crippen LogP contribution in [-0.4, -0.2) is 69.4 Å². The van der Waals surface area contributed by atoms with Crippen LogP contribution in [0.15, 0.2) is 36.7 Å². The van der Waals surface area contributed by atoms with E-state index in [1.54, 1.807) is 18.5 Å². The highest BCUT2D eigenvalue weighted by atomic mass is 32.2. The average Bonchev–Trinajstić information content (AvgIpc) is 2.78. The minimum Gasteiger partial charge on any atom is -0.480 e. The molecule has 172 valence electrons. The molecule has 1 unspecified atom stereocenters. The third kappa shape index (κ3) is 4.69. The van der Waals surface area contributed by atoms with Gasteiger partial charge in [0.25, 0.3) is 0 Å². The maximum Gasteiger partial charge on any atom is 0.238 e. The number of benzene rings is 1. The van der Waals surface area contributed by atoms with Crippen LogP contribution < -0.4 is 14.4 Å². The summed E-state index contributed by atoms with van der Waals surface area (Å²) in [5, 5.41) is 10.7. The first kappa shape index (κ1) is 22.8. The molecule has 1 saturated heterocycles. The van der Waals surface area contributed by atoms with Gasteiger partial charge in [0.1, 0.15) is 11.8 Å². The Balaban J connectivity index is 1.84. The van der Waals surface area contributed by atoms with Crippen molar-refractivity contribution < 1.29 is 13.2 Å². The lowest BCUT2D eigenvalue weighted by Gasteiger charge is -2.39. The van der Waals surface area contributed by atoms with Gasteiger partial charge in [0.2, 0.25) is 15.9 Å². The first-order chi connectivity index (χ1) is 15.7. The first-order valence-electron chi connectivity index (χ1n) is 10.5. The lowest BCUT2D eigenvalue weighted by atomic mass is 10.0. The van der Waals surface area contributed by atoms with Crippen molar-refractivity contribution in [2.45, 2.75) is 13.0 Å². The van der Waals surface area contributed by atoms with Crippen molar-refractivity contribution >= 4 is 32.3 Å². The summed E-state index contributed by atoms with van der Waals surface area (Å²) in [7, 11) is 0.0303. The normalized spacial score (nSPS) is 17.1. The van der Waals surface area contributed by atoms with E-state index in [1.807, 2.05) is 18.2 Å². The number of aromatic nitrogens is 2. The molecule has 0 bridgehead atoms. The molecule has 33 heavy (non-hydrogen) atoms. The summed E-state index contributed by atoms with van der Waals surface area (Å²) in [6.07, 6.45) is 4.34. The molecule has 1 fully saturated rings. The van der Waals surface area contributed by atoms with E-state index in [4.69, 9.17) is 4.74 Å². The monoisotopic (exact) mass is 466 g/mol. The zero-order valence-electron chi connectivity index (χ0n) is 19.0. The molecule has 1 atom stereocenters. The number of nitrogens with zero attached hydrogens (tertiary/aromatic N) is 5. The molecule has 0 saturated carbocycles. The molecule has 1 aliphatic rings. The van der Waals surface area contributed by atoms with Gasteiger partial charge in [-0.1, -0.05) is 6.07 Å². The van der Waals surface area contributed by atoms with Gasteiger partial charge in [0, 0.05) is 49.0 Å². The highest BCUT2D eigenvalue weighted by molar-refractivity contribution is 7.92. The third-order valence-corrected chi connectivity index (χ3v) is 6.50. The number of sulfonamides is 1. The van der Waals surface area contributed by atoms with E-state index in [2.05, 4.69) is 44.5 Å². The number of methoxy groups -OCH3 is 1. The summed E-state index contributed by atoms with van der Waals surface area (Å²) in [6, 6.07) is 10.1. The fourth-order valence-electron chi connectivity index (χ4n) is 4.08. The number of hydrogen-bond acceptors (Lipinski definition) is 8. The van der Waals surface area contributed by atoms with Gasteiger partial charge < -0.3 is 14.5 Å². The van der Waals surface area contributed by atoms with Crippen molar-refractivity contribution in [2.24, 2.45) is 0 Å². The number of likely N-dealkylation sites (N-methyl/N-ethyl adjacent to an activating group) is 1. The van der Waals surface area contributed by atoms with Gasteiger partial charge in [-0.05, 0) is 37.7 Å². The Labute approximate surface area is 193 Å². The molecular formula is C23H26N6O3S. The van der Waals surface area contributed by atoms with Crippen LogP contribution in [0.3, 0.4) is 0 Å². The predicted octanol–water partition coefficient (Wildman–Crippen LogP) is 2.69. The van der Waals surface area contributed by atoms with Crippen molar-refractivity contribution in [3.63, 3.8) is 0 Å². The molecule has 1 aliphatic heterocycles. The van der Waals surface area contributed by atoms with E-state index in [0.29, 0.717) is 17.2 Å². The second-order valence-corrected chi connectivity index (χ2v) is 10.0. The summed E-state index contributed by atoms with van der Waals surface area (Å²) >= 11 is 0. The van der Waals surface area contributed by atoms with E-state index in [9.17, 15) is 13.7 Å². The van der Waals surface area contributed by atoms with Crippen LogP contribution in [0, 0.1) is 11.3 Å².